The molecule has 1 fully saturated rings. The van der Waals surface area contributed by atoms with Crippen LogP contribution in [0.2, 0.25) is 0 Å². The predicted molar refractivity (Wildman–Crippen MR) is 85.7 cm³/mol. The van der Waals surface area contributed by atoms with E-state index in [0.717, 1.165) is 17.7 Å². The van der Waals surface area contributed by atoms with Crippen LogP contribution in [0.4, 0.5) is 5.69 Å². The molecule has 0 radical (unpaired) electrons. The lowest BCUT2D eigenvalue weighted by Gasteiger charge is -2.38. The Kier molecular flexibility index (Phi) is 4.38. The average molecular weight is 311 g/mol. The average Bonchev–Trinajstić information content (AvgIpc) is 3.13. The number of hydrogen-bond donors (Lipinski definition) is 2. The number of rotatable bonds is 3. The van der Waals surface area contributed by atoms with Crippen molar-refractivity contribution >= 4 is 24.0 Å². The van der Waals surface area contributed by atoms with Gasteiger partial charge in [0.1, 0.15) is 11.4 Å². The van der Waals surface area contributed by atoms with Gasteiger partial charge in [0.2, 0.25) is 5.91 Å². The summed E-state index contributed by atoms with van der Waals surface area (Å²) in [5.41, 5.74) is 7.28. The number of nitrogens with one attached hydrogen (secondary N) is 1. The van der Waals surface area contributed by atoms with Crippen LogP contribution in [0.5, 0.6) is 5.75 Å². The second-order valence-corrected chi connectivity index (χ2v) is 6.63. The second-order valence-electron chi connectivity index (χ2n) is 6.63. The summed E-state index contributed by atoms with van der Waals surface area (Å²) in [6.45, 7) is 4.10. The molecule has 0 aromatic heterocycles. The monoisotopic (exact) mass is 310 g/mol. The van der Waals surface area contributed by atoms with E-state index in [1.165, 1.54) is 12.8 Å². The molecular weight excluding hydrogens is 288 g/mol. The number of hydrogen-bond acceptors (Lipinski definition) is 3. The molecule has 3 rings (SSSR count). The third-order valence-corrected chi connectivity index (χ3v) is 4.00. The molecule has 1 saturated carbocycles. The molecular formula is C16H23ClN2O2. The molecule has 1 unspecified atom stereocenters. The van der Waals surface area contributed by atoms with Crippen molar-refractivity contribution in [2.75, 3.05) is 5.73 Å². The van der Waals surface area contributed by atoms with E-state index in [-0.39, 0.29) is 30.0 Å². The fourth-order valence-electron chi connectivity index (χ4n) is 2.84. The minimum Gasteiger partial charge on any atom is -0.487 e. The molecule has 5 heteroatoms. The third-order valence-electron chi connectivity index (χ3n) is 4.00. The van der Waals surface area contributed by atoms with Gasteiger partial charge < -0.3 is 15.8 Å². The molecule has 1 aliphatic heterocycles. The zero-order chi connectivity index (χ0) is 14.3. The zero-order valence-electron chi connectivity index (χ0n) is 12.5. The van der Waals surface area contributed by atoms with Gasteiger partial charge in [-0.3, -0.25) is 4.79 Å². The summed E-state index contributed by atoms with van der Waals surface area (Å²) >= 11 is 0. The number of benzene rings is 1. The molecule has 0 saturated heterocycles. The Morgan fingerprint density at radius 1 is 1.43 bits per heavy atom. The van der Waals surface area contributed by atoms with E-state index in [4.69, 9.17) is 10.5 Å². The Morgan fingerprint density at radius 3 is 2.81 bits per heavy atom. The lowest BCUT2D eigenvalue weighted by atomic mass is 9.89. The smallest absolute Gasteiger partial charge is 0.220 e. The van der Waals surface area contributed by atoms with Crippen LogP contribution in [0.3, 0.4) is 0 Å². The number of carbonyl (C=O) groups is 1. The molecule has 1 atom stereocenters. The Hall–Kier alpha value is -1.42. The highest BCUT2D eigenvalue weighted by Crippen LogP contribution is 2.40. The quantitative estimate of drug-likeness (QED) is 0.843. The Labute approximate surface area is 131 Å². The van der Waals surface area contributed by atoms with Gasteiger partial charge in [-0.2, -0.15) is 0 Å². The fraction of sp³-hybridized carbons (Fsp3) is 0.562. The number of nitrogen functional groups attached to an aromatic ring is 1. The predicted octanol–water partition coefficient (Wildman–Crippen LogP) is 3.21. The fourth-order valence-corrected chi connectivity index (χ4v) is 2.84. The first-order chi connectivity index (χ1) is 9.43. The Morgan fingerprint density at radius 2 is 2.14 bits per heavy atom. The molecule has 0 spiro atoms. The lowest BCUT2D eigenvalue weighted by Crippen LogP contribution is -2.41. The summed E-state index contributed by atoms with van der Waals surface area (Å²) in [5.74, 6) is 1.57. The minimum absolute atomic E-state index is 0. The first-order valence-corrected chi connectivity index (χ1v) is 7.31. The Bertz CT molecular complexity index is 541. The van der Waals surface area contributed by atoms with E-state index in [2.05, 4.69) is 5.32 Å². The van der Waals surface area contributed by atoms with Gasteiger partial charge in [-0.15, -0.1) is 12.4 Å². The molecule has 2 aliphatic rings. The minimum atomic E-state index is -0.277. The third kappa shape index (κ3) is 3.82. The van der Waals surface area contributed by atoms with Crippen molar-refractivity contribution in [1.29, 1.82) is 0 Å². The molecule has 1 aliphatic carbocycles. The van der Waals surface area contributed by atoms with E-state index in [1.54, 1.807) is 0 Å². The first-order valence-electron chi connectivity index (χ1n) is 7.31. The SMILES string of the molecule is CC1(C)CC(NC(=O)CC2CC2)c2cc(N)ccc2O1.Cl. The van der Waals surface area contributed by atoms with Crippen molar-refractivity contribution in [3.8, 4) is 5.75 Å². The van der Waals surface area contributed by atoms with Crippen LogP contribution in [0.15, 0.2) is 18.2 Å². The van der Waals surface area contributed by atoms with Crippen LogP contribution in [0, 0.1) is 5.92 Å². The van der Waals surface area contributed by atoms with Crippen molar-refractivity contribution in [2.45, 2.75) is 51.2 Å². The highest BCUT2D eigenvalue weighted by Gasteiger charge is 2.35. The Balaban J connectivity index is 0.00000161. The molecule has 21 heavy (non-hydrogen) atoms. The summed E-state index contributed by atoms with van der Waals surface area (Å²) in [6, 6.07) is 5.63. The van der Waals surface area contributed by atoms with Crippen LogP contribution < -0.4 is 15.8 Å². The van der Waals surface area contributed by atoms with Crippen molar-refractivity contribution < 1.29 is 9.53 Å². The molecule has 1 heterocycles. The number of anilines is 1. The molecule has 1 aromatic carbocycles. The summed E-state index contributed by atoms with van der Waals surface area (Å²) in [4.78, 5) is 12.1. The zero-order valence-corrected chi connectivity index (χ0v) is 13.3. The number of halogens is 1. The topological polar surface area (TPSA) is 64.4 Å². The van der Waals surface area contributed by atoms with Gasteiger partial charge in [0.25, 0.3) is 0 Å². The maximum atomic E-state index is 12.1. The van der Waals surface area contributed by atoms with E-state index >= 15 is 0 Å². The molecule has 0 bridgehead atoms. The molecule has 4 nitrogen and oxygen atoms in total. The van der Waals surface area contributed by atoms with Crippen molar-refractivity contribution in [3.63, 3.8) is 0 Å². The number of amides is 1. The van der Waals surface area contributed by atoms with Gasteiger partial charge in [0, 0.05) is 24.1 Å². The molecule has 1 amide bonds. The van der Waals surface area contributed by atoms with Gasteiger partial charge in [-0.25, -0.2) is 0 Å². The number of ether oxygens (including phenoxy) is 1. The van der Waals surface area contributed by atoms with Gasteiger partial charge in [0.05, 0.1) is 6.04 Å². The van der Waals surface area contributed by atoms with E-state index in [0.29, 0.717) is 18.0 Å². The lowest BCUT2D eigenvalue weighted by molar-refractivity contribution is -0.122. The highest BCUT2D eigenvalue weighted by molar-refractivity contribution is 5.85. The van der Waals surface area contributed by atoms with Gasteiger partial charge >= 0.3 is 0 Å². The molecule has 1 aromatic rings. The maximum absolute atomic E-state index is 12.1. The maximum Gasteiger partial charge on any atom is 0.220 e. The van der Waals surface area contributed by atoms with Gasteiger partial charge in [-0.05, 0) is 50.8 Å². The number of nitrogens with two attached hydrogens (primary N) is 1. The van der Waals surface area contributed by atoms with E-state index in [1.807, 2.05) is 32.0 Å². The summed E-state index contributed by atoms with van der Waals surface area (Å²) in [5, 5.41) is 3.15. The van der Waals surface area contributed by atoms with Crippen LogP contribution in [0.1, 0.15) is 51.1 Å². The van der Waals surface area contributed by atoms with E-state index < -0.39 is 0 Å². The summed E-state index contributed by atoms with van der Waals surface area (Å²) < 4.78 is 5.97. The number of carbonyl (C=O) groups excluding carboxylic acids is 1. The standard InChI is InChI=1S/C16H22N2O2.ClH/c1-16(2)9-13(18-15(19)7-10-3-4-10)12-8-11(17)5-6-14(12)20-16;/h5-6,8,10,13H,3-4,7,9,17H2,1-2H3,(H,18,19);1H. The number of fused-ring (bicyclic) bond motifs is 1. The summed E-state index contributed by atoms with van der Waals surface area (Å²) in [6.07, 6.45) is 3.79. The largest absolute Gasteiger partial charge is 0.487 e. The van der Waals surface area contributed by atoms with Gasteiger partial charge in [0.15, 0.2) is 0 Å². The normalized spacial score (nSPS) is 22.5. The van der Waals surface area contributed by atoms with Crippen LogP contribution >= 0.6 is 12.4 Å². The van der Waals surface area contributed by atoms with Crippen LogP contribution in [0.25, 0.3) is 0 Å². The molecule has 116 valence electrons. The van der Waals surface area contributed by atoms with Crippen molar-refractivity contribution in [2.24, 2.45) is 5.92 Å². The summed E-state index contributed by atoms with van der Waals surface area (Å²) in [7, 11) is 0. The van der Waals surface area contributed by atoms with Crippen LogP contribution in [-0.2, 0) is 4.79 Å². The molecule has 3 N–H and O–H groups in total. The highest BCUT2D eigenvalue weighted by atomic mass is 35.5. The first kappa shape index (κ1) is 16.0. The van der Waals surface area contributed by atoms with Crippen molar-refractivity contribution in [3.05, 3.63) is 23.8 Å². The van der Waals surface area contributed by atoms with E-state index in [9.17, 15) is 4.79 Å². The van der Waals surface area contributed by atoms with Crippen LogP contribution in [-0.4, -0.2) is 11.5 Å². The van der Waals surface area contributed by atoms with Gasteiger partial charge in [-0.1, -0.05) is 0 Å². The van der Waals surface area contributed by atoms with Crippen molar-refractivity contribution in [1.82, 2.24) is 5.32 Å². The second kappa shape index (κ2) is 5.76.